The van der Waals surface area contributed by atoms with E-state index in [0.29, 0.717) is 11.3 Å². The van der Waals surface area contributed by atoms with Crippen molar-refractivity contribution in [3.63, 3.8) is 0 Å². The van der Waals surface area contributed by atoms with Gasteiger partial charge in [-0.15, -0.1) is 11.8 Å². The molecule has 0 aromatic heterocycles. The lowest BCUT2D eigenvalue weighted by Crippen LogP contribution is -1.98. The Balaban J connectivity index is 2.14. The molecule has 2 aromatic carbocycles. The minimum absolute atomic E-state index is 0.0133. The third-order valence-electron chi connectivity index (χ3n) is 3.09. The van der Waals surface area contributed by atoms with Gasteiger partial charge in [-0.05, 0) is 60.9 Å². The number of halogens is 1. The standard InChI is InChI=1S/C16H15FO2S/c1-10-3-4-15(5-11(10)2)20-9-12-6-13(16(18)19)8-14(17)7-12/h3-8H,9H2,1-2H3,(H,18,19). The van der Waals surface area contributed by atoms with Crippen LogP contribution in [0.2, 0.25) is 0 Å². The second kappa shape index (κ2) is 6.09. The minimum Gasteiger partial charge on any atom is -0.478 e. The molecule has 2 aromatic rings. The normalized spacial score (nSPS) is 10.6. The highest BCUT2D eigenvalue weighted by Gasteiger charge is 2.07. The molecular weight excluding hydrogens is 275 g/mol. The lowest BCUT2D eigenvalue weighted by atomic mass is 10.1. The summed E-state index contributed by atoms with van der Waals surface area (Å²) in [4.78, 5) is 12.0. The van der Waals surface area contributed by atoms with Crippen LogP contribution in [0.4, 0.5) is 4.39 Å². The van der Waals surface area contributed by atoms with Crippen molar-refractivity contribution in [2.24, 2.45) is 0 Å². The van der Waals surface area contributed by atoms with Gasteiger partial charge in [-0.1, -0.05) is 6.07 Å². The first-order valence-electron chi connectivity index (χ1n) is 6.18. The van der Waals surface area contributed by atoms with Crippen molar-refractivity contribution in [1.29, 1.82) is 0 Å². The van der Waals surface area contributed by atoms with Crippen LogP contribution in [-0.2, 0) is 5.75 Å². The Bertz CT molecular complexity index is 653. The Morgan fingerprint density at radius 2 is 1.90 bits per heavy atom. The highest BCUT2D eigenvalue weighted by atomic mass is 32.2. The van der Waals surface area contributed by atoms with Gasteiger partial charge in [0.1, 0.15) is 5.82 Å². The molecule has 2 nitrogen and oxygen atoms in total. The highest BCUT2D eigenvalue weighted by molar-refractivity contribution is 7.98. The van der Waals surface area contributed by atoms with E-state index in [1.807, 2.05) is 19.1 Å². The largest absolute Gasteiger partial charge is 0.478 e. The number of hydrogen-bond donors (Lipinski definition) is 1. The van der Waals surface area contributed by atoms with Crippen LogP contribution in [-0.4, -0.2) is 11.1 Å². The summed E-state index contributed by atoms with van der Waals surface area (Å²) in [6, 6.07) is 10.1. The zero-order chi connectivity index (χ0) is 14.7. The fraction of sp³-hybridized carbons (Fsp3) is 0.188. The molecule has 0 amide bonds. The molecule has 2 rings (SSSR count). The van der Waals surface area contributed by atoms with Crippen LogP contribution in [0, 0.1) is 19.7 Å². The lowest BCUT2D eigenvalue weighted by Gasteiger charge is -2.06. The van der Waals surface area contributed by atoms with E-state index in [4.69, 9.17) is 5.11 Å². The quantitative estimate of drug-likeness (QED) is 0.846. The molecule has 0 unspecified atom stereocenters. The number of thioether (sulfide) groups is 1. The van der Waals surface area contributed by atoms with E-state index in [0.717, 1.165) is 11.0 Å². The molecule has 0 saturated heterocycles. The van der Waals surface area contributed by atoms with E-state index in [2.05, 4.69) is 13.0 Å². The number of aromatic carboxylic acids is 1. The van der Waals surface area contributed by atoms with Crippen molar-refractivity contribution >= 4 is 17.7 Å². The van der Waals surface area contributed by atoms with Crippen LogP contribution in [0.15, 0.2) is 41.3 Å². The third kappa shape index (κ3) is 3.61. The van der Waals surface area contributed by atoms with Crippen LogP contribution in [0.5, 0.6) is 0 Å². The van der Waals surface area contributed by atoms with Crippen LogP contribution < -0.4 is 0 Å². The van der Waals surface area contributed by atoms with Gasteiger partial charge < -0.3 is 5.11 Å². The van der Waals surface area contributed by atoms with Gasteiger partial charge in [-0.25, -0.2) is 9.18 Å². The predicted molar refractivity (Wildman–Crippen MR) is 78.8 cm³/mol. The van der Waals surface area contributed by atoms with Crippen molar-refractivity contribution in [1.82, 2.24) is 0 Å². The number of carbonyl (C=O) groups is 1. The third-order valence-corrected chi connectivity index (χ3v) is 4.15. The van der Waals surface area contributed by atoms with Crippen molar-refractivity contribution in [3.05, 3.63) is 64.5 Å². The molecule has 0 saturated carbocycles. The number of benzene rings is 2. The van der Waals surface area contributed by atoms with Crippen molar-refractivity contribution in [2.45, 2.75) is 24.5 Å². The van der Waals surface area contributed by atoms with E-state index in [9.17, 15) is 9.18 Å². The van der Waals surface area contributed by atoms with E-state index < -0.39 is 11.8 Å². The summed E-state index contributed by atoms with van der Waals surface area (Å²) in [6.45, 7) is 4.10. The van der Waals surface area contributed by atoms with E-state index in [-0.39, 0.29) is 5.56 Å². The summed E-state index contributed by atoms with van der Waals surface area (Å²) in [7, 11) is 0. The summed E-state index contributed by atoms with van der Waals surface area (Å²) >= 11 is 1.57. The van der Waals surface area contributed by atoms with Crippen molar-refractivity contribution in [2.75, 3.05) is 0 Å². The zero-order valence-corrected chi connectivity index (χ0v) is 12.1. The van der Waals surface area contributed by atoms with Crippen LogP contribution in [0.25, 0.3) is 0 Å². The minimum atomic E-state index is -1.11. The first kappa shape index (κ1) is 14.6. The van der Waals surface area contributed by atoms with Crippen LogP contribution in [0.3, 0.4) is 0 Å². The summed E-state index contributed by atoms with van der Waals surface area (Å²) < 4.78 is 13.4. The van der Waals surface area contributed by atoms with E-state index in [1.54, 1.807) is 11.8 Å². The second-order valence-electron chi connectivity index (χ2n) is 4.69. The molecule has 0 spiro atoms. The Labute approximate surface area is 121 Å². The van der Waals surface area contributed by atoms with Gasteiger partial charge in [-0.2, -0.15) is 0 Å². The molecule has 4 heteroatoms. The number of aryl methyl sites for hydroxylation is 2. The molecule has 0 atom stereocenters. The number of carboxylic acid groups (broad SMARTS) is 1. The van der Waals surface area contributed by atoms with Gasteiger partial charge in [0.2, 0.25) is 0 Å². The Hall–Kier alpha value is -1.81. The van der Waals surface area contributed by atoms with Gasteiger partial charge in [0, 0.05) is 10.6 Å². The zero-order valence-electron chi connectivity index (χ0n) is 11.3. The summed E-state index contributed by atoms with van der Waals surface area (Å²) in [5.74, 6) is -1.08. The topological polar surface area (TPSA) is 37.3 Å². The highest BCUT2D eigenvalue weighted by Crippen LogP contribution is 2.25. The maximum atomic E-state index is 13.4. The van der Waals surface area contributed by atoms with Crippen molar-refractivity contribution < 1.29 is 14.3 Å². The van der Waals surface area contributed by atoms with Crippen molar-refractivity contribution in [3.8, 4) is 0 Å². The second-order valence-corrected chi connectivity index (χ2v) is 5.74. The maximum Gasteiger partial charge on any atom is 0.335 e. The molecule has 20 heavy (non-hydrogen) atoms. The predicted octanol–water partition coefficient (Wildman–Crippen LogP) is 4.43. The molecule has 1 N–H and O–H groups in total. The van der Waals surface area contributed by atoms with Gasteiger partial charge >= 0.3 is 5.97 Å². The molecule has 0 aliphatic rings. The van der Waals surface area contributed by atoms with Gasteiger partial charge in [0.15, 0.2) is 0 Å². The molecule has 0 fully saturated rings. The fourth-order valence-electron chi connectivity index (χ4n) is 1.83. The average Bonchev–Trinajstić information content (AvgIpc) is 2.39. The van der Waals surface area contributed by atoms with Crippen LogP contribution in [0.1, 0.15) is 27.0 Å². The van der Waals surface area contributed by atoms with Gasteiger partial charge in [-0.3, -0.25) is 0 Å². The van der Waals surface area contributed by atoms with Crippen LogP contribution >= 0.6 is 11.8 Å². The monoisotopic (exact) mass is 290 g/mol. The maximum absolute atomic E-state index is 13.4. The SMILES string of the molecule is Cc1ccc(SCc2cc(F)cc(C(=O)O)c2)cc1C. The molecule has 0 heterocycles. The molecule has 0 bridgehead atoms. The molecular formula is C16H15FO2S. The van der Waals surface area contributed by atoms with Gasteiger partial charge in [0.25, 0.3) is 0 Å². The summed E-state index contributed by atoms with van der Waals surface area (Å²) in [5, 5.41) is 8.91. The Kier molecular flexibility index (Phi) is 4.45. The molecule has 0 radical (unpaired) electrons. The van der Waals surface area contributed by atoms with E-state index >= 15 is 0 Å². The average molecular weight is 290 g/mol. The summed E-state index contributed by atoms with van der Waals surface area (Å²) in [5.41, 5.74) is 3.10. The number of hydrogen-bond acceptors (Lipinski definition) is 2. The lowest BCUT2D eigenvalue weighted by molar-refractivity contribution is 0.0696. The fourth-order valence-corrected chi connectivity index (χ4v) is 2.75. The smallest absolute Gasteiger partial charge is 0.335 e. The first-order chi connectivity index (χ1) is 9.45. The number of rotatable bonds is 4. The Morgan fingerprint density at radius 3 is 2.55 bits per heavy atom. The molecule has 104 valence electrons. The van der Waals surface area contributed by atoms with Gasteiger partial charge in [0.05, 0.1) is 5.56 Å². The molecule has 0 aliphatic carbocycles. The van der Waals surface area contributed by atoms with E-state index in [1.165, 1.54) is 23.3 Å². The first-order valence-corrected chi connectivity index (χ1v) is 7.17. The molecule has 0 aliphatic heterocycles. The number of carboxylic acids is 1. The Morgan fingerprint density at radius 1 is 1.15 bits per heavy atom. The summed E-state index contributed by atoms with van der Waals surface area (Å²) in [6.07, 6.45) is 0.